The summed E-state index contributed by atoms with van der Waals surface area (Å²) in [6, 6.07) is 14.1. The standard InChI is InChI=1S/C20H17N7/c1-13-11-16(26-10-9-21-14(26)2)12-27-19(13)24-20(25-27)23-18-8-7-15-5-3-4-6-17(15)22-18/h3-12H,1-2H3,(H,22,23,25). The van der Waals surface area contributed by atoms with Crippen LogP contribution in [0.25, 0.3) is 22.2 Å². The van der Waals surface area contributed by atoms with Crippen molar-refractivity contribution in [1.82, 2.24) is 29.1 Å². The minimum atomic E-state index is 0.514. The molecule has 0 fully saturated rings. The van der Waals surface area contributed by atoms with Crippen LogP contribution >= 0.6 is 0 Å². The second-order valence-electron chi connectivity index (χ2n) is 6.44. The number of hydrogen-bond acceptors (Lipinski definition) is 5. The van der Waals surface area contributed by atoms with Crippen LogP contribution in [0.5, 0.6) is 0 Å². The second kappa shape index (κ2) is 5.91. The highest BCUT2D eigenvalue weighted by molar-refractivity contribution is 5.80. The molecule has 1 aromatic carbocycles. The normalized spacial score (nSPS) is 11.3. The van der Waals surface area contributed by atoms with Crippen LogP contribution in [0.15, 0.2) is 61.1 Å². The van der Waals surface area contributed by atoms with Crippen LogP contribution in [-0.4, -0.2) is 29.1 Å². The van der Waals surface area contributed by atoms with Crippen LogP contribution in [0.2, 0.25) is 0 Å². The second-order valence-corrected chi connectivity index (χ2v) is 6.44. The van der Waals surface area contributed by atoms with Gasteiger partial charge < -0.3 is 9.88 Å². The summed E-state index contributed by atoms with van der Waals surface area (Å²) in [6.45, 7) is 4.00. The minimum absolute atomic E-state index is 0.514. The van der Waals surface area contributed by atoms with Crippen molar-refractivity contribution in [2.75, 3.05) is 5.32 Å². The highest BCUT2D eigenvalue weighted by atomic mass is 15.4. The monoisotopic (exact) mass is 355 g/mol. The predicted molar refractivity (Wildman–Crippen MR) is 105 cm³/mol. The van der Waals surface area contributed by atoms with E-state index in [0.29, 0.717) is 11.8 Å². The number of para-hydroxylation sites is 1. The Bertz CT molecular complexity index is 1280. The molecule has 4 heterocycles. The molecule has 0 atom stereocenters. The summed E-state index contributed by atoms with van der Waals surface area (Å²) in [4.78, 5) is 13.5. The molecule has 0 radical (unpaired) electrons. The van der Waals surface area contributed by atoms with Crippen LogP contribution in [0.4, 0.5) is 11.8 Å². The Labute approximate surface area is 155 Å². The largest absolute Gasteiger partial charge is 0.307 e. The summed E-state index contributed by atoms with van der Waals surface area (Å²) in [5.74, 6) is 2.15. The van der Waals surface area contributed by atoms with Crippen molar-refractivity contribution in [3.63, 3.8) is 0 Å². The molecule has 1 N–H and O–H groups in total. The fourth-order valence-corrected chi connectivity index (χ4v) is 3.22. The molecule has 0 saturated heterocycles. The molecule has 4 aromatic heterocycles. The molecule has 132 valence electrons. The summed E-state index contributed by atoms with van der Waals surface area (Å²) >= 11 is 0. The van der Waals surface area contributed by atoms with Crippen LogP contribution in [0.1, 0.15) is 11.4 Å². The Balaban J connectivity index is 1.54. The molecule has 27 heavy (non-hydrogen) atoms. The van der Waals surface area contributed by atoms with E-state index in [1.54, 1.807) is 10.7 Å². The molecule has 0 unspecified atom stereocenters. The van der Waals surface area contributed by atoms with Crippen LogP contribution in [0, 0.1) is 13.8 Å². The number of imidazole rings is 1. The molecule has 7 heteroatoms. The van der Waals surface area contributed by atoms with Crippen molar-refractivity contribution in [2.45, 2.75) is 13.8 Å². The highest BCUT2D eigenvalue weighted by Gasteiger charge is 2.10. The molecule has 0 aliphatic carbocycles. The van der Waals surface area contributed by atoms with Gasteiger partial charge in [-0.05, 0) is 43.7 Å². The van der Waals surface area contributed by atoms with Gasteiger partial charge in [-0.15, -0.1) is 5.10 Å². The van der Waals surface area contributed by atoms with E-state index in [9.17, 15) is 0 Å². The van der Waals surface area contributed by atoms with Gasteiger partial charge in [0.2, 0.25) is 5.95 Å². The van der Waals surface area contributed by atoms with Gasteiger partial charge in [0.25, 0.3) is 0 Å². The molecular weight excluding hydrogens is 338 g/mol. The molecule has 0 aliphatic heterocycles. The van der Waals surface area contributed by atoms with Crippen molar-refractivity contribution in [1.29, 1.82) is 0 Å². The Hall–Kier alpha value is -3.74. The number of fused-ring (bicyclic) bond motifs is 2. The zero-order valence-corrected chi connectivity index (χ0v) is 15.0. The van der Waals surface area contributed by atoms with Crippen LogP contribution in [-0.2, 0) is 0 Å². The molecule has 0 spiro atoms. The number of anilines is 2. The molecule has 0 amide bonds. The summed E-state index contributed by atoms with van der Waals surface area (Å²) < 4.78 is 3.81. The van der Waals surface area contributed by atoms with Gasteiger partial charge in [0, 0.05) is 17.8 Å². The fraction of sp³-hybridized carbons (Fsp3) is 0.100. The van der Waals surface area contributed by atoms with E-state index < -0.39 is 0 Å². The number of nitrogens with zero attached hydrogens (tertiary/aromatic N) is 6. The average Bonchev–Trinajstić information content (AvgIpc) is 3.27. The molecule has 5 rings (SSSR count). The van der Waals surface area contributed by atoms with Crippen molar-refractivity contribution < 1.29 is 0 Å². The number of nitrogens with one attached hydrogen (secondary N) is 1. The van der Waals surface area contributed by atoms with Crippen molar-refractivity contribution in [2.24, 2.45) is 0 Å². The van der Waals surface area contributed by atoms with Crippen molar-refractivity contribution in [3.05, 3.63) is 72.4 Å². The zero-order valence-electron chi connectivity index (χ0n) is 15.0. The topological polar surface area (TPSA) is 72.9 Å². The van der Waals surface area contributed by atoms with E-state index in [2.05, 4.69) is 31.4 Å². The quantitative estimate of drug-likeness (QED) is 0.532. The fourth-order valence-electron chi connectivity index (χ4n) is 3.22. The van der Waals surface area contributed by atoms with E-state index in [1.165, 1.54) is 0 Å². The molecule has 7 nitrogen and oxygen atoms in total. The Morgan fingerprint density at radius 1 is 1.00 bits per heavy atom. The molecule has 0 aliphatic rings. The lowest BCUT2D eigenvalue weighted by atomic mass is 10.2. The van der Waals surface area contributed by atoms with Gasteiger partial charge in [-0.3, -0.25) is 0 Å². The van der Waals surface area contributed by atoms with E-state index in [0.717, 1.165) is 33.6 Å². The third-order valence-electron chi connectivity index (χ3n) is 4.55. The Kier molecular flexibility index (Phi) is 3.39. The maximum atomic E-state index is 4.62. The zero-order chi connectivity index (χ0) is 18.4. The number of pyridine rings is 2. The predicted octanol–water partition coefficient (Wildman–Crippen LogP) is 3.82. The SMILES string of the molecule is Cc1cc(-n2ccnc2C)cn2nc(Nc3ccc4ccccc4n3)nc12. The summed E-state index contributed by atoms with van der Waals surface area (Å²) in [5.41, 5.74) is 3.77. The number of rotatable bonds is 3. The van der Waals surface area contributed by atoms with Gasteiger partial charge in [0.15, 0.2) is 5.65 Å². The summed E-state index contributed by atoms with van der Waals surface area (Å²) in [5, 5.41) is 8.87. The minimum Gasteiger partial charge on any atom is -0.307 e. The Morgan fingerprint density at radius 2 is 1.89 bits per heavy atom. The maximum absolute atomic E-state index is 4.62. The van der Waals surface area contributed by atoms with Crippen molar-refractivity contribution in [3.8, 4) is 5.69 Å². The van der Waals surface area contributed by atoms with E-state index in [4.69, 9.17) is 0 Å². The summed E-state index contributed by atoms with van der Waals surface area (Å²) in [6.07, 6.45) is 5.67. The number of aryl methyl sites for hydroxylation is 2. The maximum Gasteiger partial charge on any atom is 0.248 e. The van der Waals surface area contributed by atoms with Gasteiger partial charge in [-0.25, -0.2) is 14.5 Å². The van der Waals surface area contributed by atoms with E-state index in [1.807, 2.05) is 67.2 Å². The van der Waals surface area contributed by atoms with Gasteiger partial charge in [0.1, 0.15) is 11.6 Å². The van der Waals surface area contributed by atoms with Gasteiger partial charge in [0.05, 0.1) is 17.4 Å². The first-order chi connectivity index (χ1) is 13.2. The van der Waals surface area contributed by atoms with Crippen molar-refractivity contribution >= 4 is 28.3 Å². The van der Waals surface area contributed by atoms with E-state index in [-0.39, 0.29) is 0 Å². The number of hydrogen-bond donors (Lipinski definition) is 1. The van der Waals surface area contributed by atoms with Crippen LogP contribution < -0.4 is 5.32 Å². The Morgan fingerprint density at radius 3 is 2.74 bits per heavy atom. The lowest BCUT2D eigenvalue weighted by molar-refractivity contribution is 0.909. The van der Waals surface area contributed by atoms with Gasteiger partial charge in [-0.2, -0.15) is 4.98 Å². The first-order valence-corrected chi connectivity index (χ1v) is 8.67. The summed E-state index contributed by atoms with van der Waals surface area (Å²) in [7, 11) is 0. The molecular formula is C20H17N7. The third kappa shape index (κ3) is 2.69. The third-order valence-corrected chi connectivity index (χ3v) is 4.55. The highest BCUT2D eigenvalue weighted by Crippen LogP contribution is 2.20. The smallest absolute Gasteiger partial charge is 0.248 e. The first-order valence-electron chi connectivity index (χ1n) is 8.67. The first kappa shape index (κ1) is 15.5. The average molecular weight is 355 g/mol. The van der Waals surface area contributed by atoms with Gasteiger partial charge in [-0.1, -0.05) is 18.2 Å². The van der Waals surface area contributed by atoms with Crippen LogP contribution in [0.3, 0.4) is 0 Å². The van der Waals surface area contributed by atoms with Gasteiger partial charge >= 0.3 is 0 Å². The number of aromatic nitrogens is 6. The molecule has 5 aromatic rings. The molecule has 0 saturated carbocycles. The lowest BCUT2D eigenvalue weighted by Crippen LogP contribution is -2.00. The number of benzene rings is 1. The molecule has 0 bridgehead atoms. The lowest BCUT2D eigenvalue weighted by Gasteiger charge is -2.06. The van der Waals surface area contributed by atoms with E-state index >= 15 is 0 Å².